The maximum Gasteiger partial charge on any atom is 0.221 e. The predicted octanol–water partition coefficient (Wildman–Crippen LogP) is 4.07. The highest BCUT2D eigenvalue weighted by Crippen LogP contribution is 2.29. The highest BCUT2D eigenvalue weighted by atomic mass is 16.5. The Morgan fingerprint density at radius 1 is 0.895 bits per heavy atom. The molecular formula is C16H14N2O. The fourth-order valence-electron chi connectivity index (χ4n) is 2.01. The number of nitrogens with zero attached hydrogens (tertiary/aromatic N) is 1. The number of pyridine rings is 1. The maximum absolute atomic E-state index is 5.88. The van der Waals surface area contributed by atoms with Gasteiger partial charge in [0.05, 0.1) is 0 Å². The summed E-state index contributed by atoms with van der Waals surface area (Å²) in [6.07, 6.45) is 0. The van der Waals surface area contributed by atoms with Crippen LogP contribution in [0, 0.1) is 0 Å². The van der Waals surface area contributed by atoms with Crippen LogP contribution in [0.25, 0.3) is 10.8 Å². The SMILES string of the molecule is CNc1cccc(Oc2cccc3ccccc23)n1. The number of fused-ring (bicyclic) bond motifs is 1. The van der Waals surface area contributed by atoms with Gasteiger partial charge in [-0.15, -0.1) is 0 Å². The average molecular weight is 250 g/mol. The molecule has 0 aliphatic carbocycles. The zero-order valence-corrected chi connectivity index (χ0v) is 10.6. The summed E-state index contributed by atoms with van der Waals surface area (Å²) in [6.45, 7) is 0. The summed E-state index contributed by atoms with van der Waals surface area (Å²) >= 11 is 0. The first-order valence-corrected chi connectivity index (χ1v) is 6.17. The molecule has 0 saturated carbocycles. The van der Waals surface area contributed by atoms with Gasteiger partial charge in [-0.3, -0.25) is 0 Å². The summed E-state index contributed by atoms with van der Waals surface area (Å²) in [5.41, 5.74) is 0. The van der Waals surface area contributed by atoms with Crippen LogP contribution < -0.4 is 10.1 Å². The second-order valence-corrected chi connectivity index (χ2v) is 4.19. The quantitative estimate of drug-likeness (QED) is 0.760. The highest BCUT2D eigenvalue weighted by molar-refractivity contribution is 5.88. The van der Waals surface area contributed by atoms with Crippen molar-refractivity contribution in [2.75, 3.05) is 12.4 Å². The van der Waals surface area contributed by atoms with Crippen molar-refractivity contribution >= 4 is 16.6 Å². The topological polar surface area (TPSA) is 34.1 Å². The molecule has 0 saturated heterocycles. The first-order valence-electron chi connectivity index (χ1n) is 6.17. The lowest BCUT2D eigenvalue weighted by Gasteiger charge is -2.09. The zero-order chi connectivity index (χ0) is 13.1. The predicted molar refractivity (Wildman–Crippen MR) is 77.8 cm³/mol. The molecule has 1 N–H and O–H groups in total. The van der Waals surface area contributed by atoms with Gasteiger partial charge in [-0.2, -0.15) is 4.98 Å². The Morgan fingerprint density at radius 3 is 2.58 bits per heavy atom. The molecule has 3 aromatic rings. The molecule has 0 atom stereocenters. The van der Waals surface area contributed by atoms with E-state index in [-0.39, 0.29) is 0 Å². The molecule has 0 bridgehead atoms. The Labute approximate surface area is 111 Å². The molecule has 94 valence electrons. The van der Waals surface area contributed by atoms with E-state index in [1.807, 2.05) is 55.6 Å². The van der Waals surface area contributed by atoms with Crippen LogP contribution >= 0.6 is 0 Å². The van der Waals surface area contributed by atoms with Gasteiger partial charge in [-0.1, -0.05) is 42.5 Å². The number of aromatic nitrogens is 1. The summed E-state index contributed by atoms with van der Waals surface area (Å²) in [5.74, 6) is 2.19. The number of ether oxygens (including phenoxy) is 1. The van der Waals surface area contributed by atoms with Crippen molar-refractivity contribution in [1.82, 2.24) is 4.98 Å². The molecule has 3 nitrogen and oxygen atoms in total. The Hall–Kier alpha value is -2.55. The Morgan fingerprint density at radius 2 is 1.68 bits per heavy atom. The molecule has 0 fully saturated rings. The van der Waals surface area contributed by atoms with E-state index in [4.69, 9.17) is 4.74 Å². The largest absolute Gasteiger partial charge is 0.438 e. The van der Waals surface area contributed by atoms with Crippen molar-refractivity contribution < 1.29 is 4.74 Å². The molecule has 3 rings (SSSR count). The number of nitrogens with one attached hydrogen (secondary N) is 1. The van der Waals surface area contributed by atoms with Crippen molar-refractivity contribution in [2.45, 2.75) is 0 Å². The summed E-state index contributed by atoms with van der Waals surface area (Å²) in [5, 5.41) is 5.24. The van der Waals surface area contributed by atoms with Crippen LogP contribution in [-0.4, -0.2) is 12.0 Å². The lowest BCUT2D eigenvalue weighted by Crippen LogP contribution is -1.94. The Bertz CT molecular complexity index is 704. The van der Waals surface area contributed by atoms with E-state index < -0.39 is 0 Å². The third kappa shape index (κ3) is 2.36. The van der Waals surface area contributed by atoms with E-state index in [1.54, 1.807) is 0 Å². The van der Waals surface area contributed by atoms with Crippen LogP contribution in [0.15, 0.2) is 60.7 Å². The summed E-state index contributed by atoms with van der Waals surface area (Å²) in [4.78, 5) is 4.36. The van der Waals surface area contributed by atoms with Gasteiger partial charge in [-0.25, -0.2) is 0 Å². The third-order valence-corrected chi connectivity index (χ3v) is 2.94. The fourth-order valence-corrected chi connectivity index (χ4v) is 2.01. The van der Waals surface area contributed by atoms with Gasteiger partial charge in [0.2, 0.25) is 5.88 Å². The molecule has 1 heterocycles. The van der Waals surface area contributed by atoms with Gasteiger partial charge in [0.1, 0.15) is 11.6 Å². The highest BCUT2D eigenvalue weighted by Gasteiger charge is 2.04. The molecule has 3 heteroatoms. The minimum atomic E-state index is 0.586. The third-order valence-electron chi connectivity index (χ3n) is 2.94. The van der Waals surface area contributed by atoms with E-state index in [2.05, 4.69) is 22.4 Å². The van der Waals surface area contributed by atoms with Crippen LogP contribution in [0.5, 0.6) is 11.6 Å². The summed E-state index contributed by atoms with van der Waals surface area (Å²) < 4.78 is 5.88. The van der Waals surface area contributed by atoms with E-state index in [0.29, 0.717) is 5.88 Å². The van der Waals surface area contributed by atoms with E-state index >= 15 is 0 Å². The average Bonchev–Trinajstić information content (AvgIpc) is 2.48. The Balaban J connectivity index is 2.01. The molecule has 0 amide bonds. The van der Waals surface area contributed by atoms with Crippen molar-refractivity contribution in [3.63, 3.8) is 0 Å². The van der Waals surface area contributed by atoms with Crippen molar-refractivity contribution in [2.24, 2.45) is 0 Å². The van der Waals surface area contributed by atoms with Crippen LogP contribution in [0.1, 0.15) is 0 Å². The monoisotopic (exact) mass is 250 g/mol. The van der Waals surface area contributed by atoms with E-state index in [1.165, 1.54) is 0 Å². The number of hydrogen-bond donors (Lipinski definition) is 1. The van der Waals surface area contributed by atoms with Crippen LogP contribution in [0.3, 0.4) is 0 Å². The molecule has 19 heavy (non-hydrogen) atoms. The second-order valence-electron chi connectivity index (χ2n) is 4.19. The first kappa shape index (κ1) is 11.5. The van der Waals surface area contributed by atoms with Crippen LogP contribution in [-0.2, 0) is 0 Å². The molecule has 0 radical (unpaired) electrons. The summed E-state index contributed by atoms with van der Waals surface area (Å²) in [7, 11) is 1.84. The zero-order valence-electron chi connectivity index (χ0n) is 10.6. The lowest BCUT2D eigenvalue weighted by molar-refractivity contribution is 0.469. The van der Waals surface area contributed by atoms with Crippen molar-refractivity contribution in [3.8, 4) is 11.6 Å². The molecule has 0 aliphatic rings. The molecule has 0 spiro atoms. The first-order chi connectivity index (χ1) is 9.36. The normalized spacial score (nSPS) is 10.4. The van der Waals surface area contributed by atoms with Gasteiger partial charge >= 0.3 is 0 Å². The standard InChI is InChI=1S/C16H14N2O/c1-17-15-10-5-11-16(18-15)19-14-9-4-7-12-6-2-3-8-13(12)14/h2-11H,1H3,(H,17,18). The van der Waals surface area contributed by atoms with E-state index in [9.17, 15) is 0 Å². The van der Waals surface area contributed by atoms with Gasteiger partial charge in [0, 0.05) is 18.5 Å². The van der Waals surface area contributed by atoms with Gasteiger partial charge in [0.25, 0.3) is 0 Å². The smallest absolute Gasteiger partial charge is 0.221 e. The Kier molecular flexibility index (Phi) is 3.02. The lowest BCUT2D eigenvalue weighted by atomic mass is 10.1. The molecule has 2 aromatic carbocycles. The second kappa shape index (κ2) is 4.98. The fraction of sp³-hybridized carbons (Fsp3) is 0.0625. The molecular weight excluding hydrogens is 236 g/mol. The minimum Gasteiger partial charge on any atom is -0.438 e. The summed E-state index contributed by atoms with van der Waals surface area (Å²) in [6, 6.07) is 19.8. The van der Waals surface area contributed by atoms with Gasteiger partial charge in [0.15, 0.2) is 0 Å². The molecule has 1 aromatic heterocycles. The molecule has 0 aliphatic heterocycles. The van der Waals surface area contributed by atoms with Crippen LogP contribution in [0.4, 0.5) is 5.82 Å². The number of anilines is 1. The maximum atomic E-state index is 5.88. The minimum absolute atomic E-state index is 0.586. The van der Waals surface area contributed by atoms with Crippen molar-refractivity contribution in [1.29, 1.82) is 0 Å². The van der Waals surface area contributed by atoms with Crippen LogP contribution in [0.2, 0.25) is 0 Å². The number of rotatable bonds is 3. The number of hydrogen-bond acceptors (Lipinski definition) is 3. The van der Waals surface area contributed by atoms with E-state index in [0.717, 1.165) is 22.3 Å². The molecule has 0 unspecified atom stereocenters. The van der Waals surface area contributed by atoms with Crippen molar-refractivity contribution in [3.05, 3.63) is 60.7 Å². The number of benzene rings is 2. The van der Waals surface area contributed by atoms with Gasteiger partial charge < -0.3 is 10.1 Å². The van der Waals surface area contributed by atoms with Gasteiger partial charge in [-0.05, 0) is 17.5 Å².